The Labute approximate surface area is 118 Å². The van der Waals surface area contributed by atoms with Gasteiger partial charge in [0.2, 0.25) is 0 Å². The third kappa shape index (κ3) is 1.97. The molecule has 0 aliphatic heterocycles. The molecule has 0 atom stereocenters. The third-order valence-corrected chi connectivity index (χ3v) is 4.12. The molecule has 5 heteroatoms. The van der Waals surface area contributed by atoms with E-state index in [1.807, 2.05) is 35.7 Å². The SMILES string of the molecule is CCOC(=O)C1(c2nnc3ccccn23)CCCCC1. The normalized spacial score (nSPS) is 18.1. The summed E-state index contributed by atoms with van der Waals surface area (Å²) in [4.78, 5) is 12.6. The Morgan fingerprint density at radius 1 is 1.30 bits per heavy atom. The van der Waals surface area contributed by atoms with E-state index in [-0.39, 0.29) is 5.97 Å². The maximum Gasteiger partial charge on any atom is 0.319 e. The number of hydrogen-bond acceptors (Lipinski definition) is 4. The number of esters is 1. The van der Waals surface area contributed by atoms with Gasteiger partial charge in [0.25, 0.3) is 0 Å². The molecule has 5 nitrogen and oxygen atoms in total. The van der Waals surface area contributed by atoms with Crippen molar-refractivity contribution in [3.05, 3.63) is 30.2 Å². The molecule has 3 rings (SSSR count). The molecule has 106 valence electrons. The summed E-state index contributed by atoms with van der Waals surface area (Å²) in [6, 6.07) is 5.76. The van der Waals surface area contributed by atoms with Crippen LogP contribution >= 0.6 is 0 Å². The maximum atomic E-state index is 12.6. The predicted molar refractivity (Wildman–Crippen MR) is 74.4 cm³/mol. The summed E-state index contributed by atoms with van der Waals surface area (Å²) in [6.45, 7) is 2.24. The summed E-state index contributed by atoms with van der Waals surface area (Å²) >= 11 is 0. The first kappa shape index (κ1) is 13.1. The number of fused-ring (bicyclic) bond motifs is 1. The van der Waals surface area contributed by atoms with Gasteiger partial charge in [-0.15, -0.1) is 10.2 Å². The standard InChI is InChI=1S/C15H19N3O2/c1-2-20-14(19)15(9-5-3-6-10-15)13-17-16-12-8-4-7-11-18(12)13/h4,7-8,11H,2-3,5-6,9-10H2,1H3. The van der Waals surface area contributed by atoms with E-state index in [2.05, 4.69) is 10.2 Å². The predicted octanol–water partition coefficient (Wildman–Crippen LogP) is 2.49. The lowest BCUT2D eigenvalue weighted by molar-refractivity contribution is -0.152. The summed E-state index contributed by atoms with van der Waals surface area (Å²) in [5.41, 5.74) is 0.145. The molecular weight excluding hydrogens is 254 g/mol. The van der Waals surface area contributed by atoms with Gasteiger partial charge >= 0.3 is 5.97 Å². The third-order valence-electron chi connectivity index (χ3n) is 4.12. The summed E-state index contributed by atoms with van der Waals surface area (Å²) < 4.78 is 7.26. The summed E-state index contributed by atoms with van der Waals surface area (Å²) in [5, 5.41) is 8.49. The van der Waals surface area contributed by atoms with E-state index in [0.29, 0.717) is 6.61 Å². The quantitative estimate of drug-likeness (QED) is 0.806. The highest BCUT2D eigenvalue weighted by Gasteiger charge is 2.46. The van der Waals surface area contributed by atoms with E-state index in [0.717, 1.165) is 43.6 Å². The first-order valence-electron chi connectivity index (χ1n) is 7.25. The number of pyridine rings is 1. The minimum atomic E-state index is -0.630. The van der Waals surface area contributed by atoms with Crippen molar-refractivity contribution < 1.29 is 9.53 Å². The van der Waals surface area contributed by atoms with Crippen LogP contribution in [0.5, 0.6) is 0 Å². The Morgan fingerprint density at radius 3 is 2.85 bits per heavy atom. The van der Waals surface area contributed by atoms with E-state index in [1.165, 1.54) is 0 Å². The number of hydrogen-bond donors (Lipinski definition) is 0. The van der Waals surface area contributed by atoms with Crippen molar-refractivity contribution in [2.24, 2.45) is 0 Å². The molecule has 2 aromatic heterocycles. The minimum absolute atomic E-state index is 0.155. The van der Waals surface area contributed by atoms with Crippen LogP contribution in [-0.4, -0.2) is 27.2 Å². The van der Waals surface area contributed by atoms with Crippen LogP contribution in [0.15, 0.2) is 24.4 Å². The molecule has 1 aliphatic rings. The number of carbonyl (C=O) groups is 1. The molecule has 20 heavy (non-hydrogen) atoms. The van der Waals surface area contributed by atoms with E-state index in [4.69, 9.17) is 4.74 Å². The number of ether oxygens (including phenoxy) is 1. The van der Waals surface area contributed by atoms with Crippen LogP contribution in [0.3, 0.4) is 0 Å². The molecule has 0 unspecified atom stereocenters. The van der Waals surface area contributed by atoms with Crippen LogP contribution in [0.4, 0.5) is 0 Å². The highest BCUT2D eigenvalue weighted by molar-refractivity contribution is 5.82. The van der Waals surface area contributed by atoms with Crippen LogP contribution in [0.1, 0.15) is 44.9 Å². The molecule has 0 amide bonds. The highest BCUT2D eigenvalue weighted by atomic mass is 16.5. The highest BCUT2D eigenvalue weighted by Crippen LogP contribution is 2.39. The van der Waals surface area contributed by atoms with E-state index in [9.17, 15) is 4.79 Å². The number of carbonyl (C=O) groups excluding carboxylic acids is 1. The largest absolute Gasteiger partial charge is 0.465 e. The lowest BCUT2D eigenvalue weighted by Gasteiger charge is -2.33. The fourth-order valence-corrected chi connectivity index (χ4v) is 3.11. The van der Waals surface area contributed by atoms with Gasteiger partial charge in [0.1, 0.15) is 5.41 Å². The Morgan fingerprint density at radius 2 is 2.10 bits per heavy atom. The molecule has 1 aliphatic carbocycles. The lowest BCUT2D eigenvalue weighted by atomic mass is 9.73. The second-order valence-electron chi connectivity index (χ2n) is 5.32. The average Bonchev–Trinajstić information content (AvgIpc) is 2.92. The minimum Gasteiger partial charge on any atom is -0.465 e. The zero-order valence-electron chi connectivity index (χ0n) is 11.7. The Hall–Kier alpha value is -1.91. The van der Waals surface area contributed by atoms with Gasteiger partial charge < -0.3 is 4.74 Å². The summed E-state index contributed by atoms with van der Waals surface area (Å²) in [6.07, 6.45) is 6.72. The molecule has 1 fully saturated rings. The zero-order chi connectivity index (χ0) is 14.0. The lowest BCUT2D eigenvalue weighted by Crippen LogP contribution is -2.41. The number of aromatic nitrogens is 3. The van der Waals surface area contributed by atoms with Gasteiger partial charge in [-0.1, -0.05) is 25.3 Å². The van der Waals surface area contributed by atoms with Gasteiger partial charge in [-0.2, -0.15) is 0 Å². The first-order valence-corrected chi connectivity index (χ1v) is 7.25. The number of nitrogens with zero attached hydrogens (tertiary/aromatic N) is 3. The smallest absolute Gasteiger partial charge is 0.319 e. The maximum absolute atomic E-state index is 12.6. The molecule has 2 heterocycles. The molecule has 0 N–H and O–H groups in total. The molecule has 0 aromatic carbocycles. The van der Waals surface area contributed by atoms with Gasteiger partial charge in [0.15, 0.2) is 11.5 Å². The van der Waals surface area contributed by atoms with E-state index >= 15 is 0 Å². The van der Waals surface area contributed by atoms with Crippen molar-refractivity contribution in [2.75, 3.05) is 6.61 Å². The van der Waals surface area contributed by atoms with Gasteiger partial charge in [0.05, 0.1) is 6.61 Å². The fourth-order valence-electron chi connectivity index (χ4n) is 3.11. The van der Waals surface area contributed by atoms with Crippen molar-refractivity contribution in [3.63, 3.8) is 0 Å². The average molecular weight is 273 g/mol. The second kappa shape index (κ2) is 5.23. The number of rotatable bonds is 3. The first-order chi connectivity index (χ1) is 9.78. The van der Waals surface area contributed by atoms with Gasteiger partial charge in [-0.3, -0.25) is 9.20 Å². The zero-order valence-corrected chi connectivity index (χ0v) is 11.7. The van der Waals surface area contributed by atoms with Crippen molar-refractivity contribution in [2.45, 2.75) is 44.4 Å². The molecule has 2 aromatic rings. The van der Waals surface area contributed by atoms with Crippen LogP contribution in [0, 0.1) is 0 Å². The second-order valence-corrected chi connectivity index (χ2v) is 5.32. The fraction of sp³-hybridized carbons (Fsp3) is 0.533. The molecular formula is C15H19N3O2. The molecule has 0 radical (unpaired) electrons. The Bertz CT molecular complexity index is 614. The van der Waals surface area contributed by atoms with Crippen LogP contribution in [-0.2, 0) is 14.9 Å². The molecule has 1 saturated carbocycles. The molecule has 0 spiro atoms. The molecule has 0 saturated heterocycles. The monoisotopic (exact) mass is 273 g/mol. The Kier molecular flexibility index (Phi) is 3.42. The van der Waals surface area contributed by atoms with Crippen molar-refractivity contribution in [1.82, 2.24) is 14.6 Å². The van der Waals surface area contributed by atoms with E-state index in [1.54, 1.807) is 0 Å². The van der Waals surface area contributed by atoms with Crippen LogP contribution < -0.4 is 0 Å². The van der Waals surface area contributed by atoms with Gasteiger partial charge in [-0.05, 0) is 31.9 Å². The van der Waals surface area contributed by atoms with Gasteiger partial charge in [0, 0.05) is 6.20 Å². The van der Waals surface area contributed by atoms with Crippen LogP contribution in [0.2, 0.25) is 0 Å². The van der Waals surface area contributed by atoms with Crippen LogP contribution in [0.25, 0.3) is 5.65 Å². The summed E-state index contributed by atoms with van der Waals surface area (Å²) in [5.74, 6) is 0.573. The van der Waals surface area contributed by atoms with Crippen molar-refractivity contribution >= 4 is 11.6 Å². The van der Waals surface area contributed by atoms with E-state index < -0.39 is 5.41 Å². The summed E-state index contributed by atoms with van der Waals surface area (Å²) in [7, 11) is 0. The van der Waals surface area contributed by atoms with Gasteiger partial charge in [-0.25, -0.2) is 0 Å². The Balaban J connectivity index is 2.11. The molecule has 0 bridgehead atoms. The van der Waals surface area contributed by atoms with Crippen molar-refractivity contribution in [3.8, 4) is 0 Å². The topological polar surface area (TPSA) is 56.5 Å². The van der Waals surface area contributed by atoms with Crippen molar-refractivity contribution in [1.29, 1.82) is 0 Å².